The highest BCUT2D eigenvalue weighted by Crippen LogP contribution is 2.13. The highest BCUT2D eigenvalue weighted by molar-refractivity contribution is 7.92. The second kappa shape index (κ2) is 9.97. The summed E-state index contributed by atoms with van der Waals surface area (Å²) in [5.41, 5.74) is 2.59. The molecule has 0 unspecified atom stereocenters. The summed E-state index contributed by atoms with van der Waals surface area (Å²) in [7, 11) is -3.26. The van der Waals surface area contributed by atoms with Crippen LogP contribution in [0, 0.1) is 0 Å². The number of rotatable bonds is 10. The van der Waals surface area contributed by atoms with Crippen molar-refractivity contribution in [1.82, 2.24) is 5.32 Å². The van der Waals surface area contributed by atoms with E-state index in [-0.39, 0.29) is 5.91 Å². The van der Waals surface area contributed by atoms with Crippen molar-refractivity contribution >= 4 is 21.6 Å². The number of hydrogen-bond donors (Lipinski definition) is 2. The first-order chi connectivity index (χ1) is 12.9. The normalized spacial score (nSPS) is 11.0. The molecule has 0 saturated carbocycles. The van der Waals surface area contributed by atoms with Gasteiger partial charge >= 0.3 is 0 Å². The van der Waals surface area contributed by atoms with Crippen LogP contribution in [0.2, 0.25) is 0 Å². The molecule has 2 N–H and O–H groups in total. The number of amides is 1. The Balaban J connectivity index is 1.69. The summed E-state index contributed by atoms with van der Waals surface area (Å²) in [5.74, 6) is 0.797. The molecule has 0 aliphatic heterocycles. The third-order valence-corrected chi connectivity index (χ3v) is 4.43. The lowest BCUT2D eigenvalue weighted by atomic mass is 10.1. The van der Waals surface area contributed by atoms with E-state index in [1.165, 1.54) is 0 Å². The summed E-state index contributed by atoms with van der Waals surface area (Å²) >= 11 is 0. The van der Waals surface area contributed by atoms with Crippen LogP contribution in [-0.4, -0.2) is 33.7 Å². The molecule has 0 spiro atoms. The molecule has 1 amide bonds. The van der Waals surface area contributed by atoms with Gasteiger partial charge in [-0.25, -0.2) is 8.42 Å². The van der Waals surface area contributed by atoms with Gasteiger partial charge in [-0.2, -0.15) is 0 Å². The molecule has 2 aromatic rings. The maximum Gasteiger partial charge on any atom is 0.229 e. The SMILES string of the molecule is CCOc1ccc(CC(=O)NCCCc2ccc(NS(C)(=O)=O)cc2)cc1. The van der Waals surface area contributed by atoms with Crippen LogP contribution in [0.25, 0.3) is 0 Å². The fraction of sp³-hybridized carbons (Fsp3) is 0.350. The minimum atomic E-state index is -3.26. The molecule has 0 saturated heterocycles. The molecular weight excluding hydrogens is 364 g/mol. The standard InChI is InChI=1S/C20H26N2O4S/c1-3-26-19-12-8-17(9-13-19)15-20(23)21-14-4-5-16-6-10-18(11-7-16)22-27(2,24)25/h6-13,22H,3-5,14-15H2,1-2H3,(H,21,23). The van der Waals surface area contributed by atoms with Crippen LogP contribution in [0.3, 0.4) is 0 Å². The zero-order chi connectivity index (χ0) is 19.7. The summed E-state index contributed by atoms with van der Waals surface area (Å²) in [4.78, 5) is 12.0. The largest absolute Gasteiger partial charge is 0.494 e. The average molecular weight is 391 g/mol. The predicted octanol–water partition coefficient (Wildman–Crippen LogP) is 2.75. The Labute approximate surface area is 161 Å². The number of anilines is 1. The minimum absolute atomic E-state index is 0.00754. The van der Waals surface area contributed by atoms with E-state index >= 15 is 0 Å². The Kier molecular flexibility index (Phi) is 7.67. The van der Waals surface area contributed by atoms with Gasteiger partial charge in [0.25, 0.3) is 0 Å². The first-order valence-electron chi connectivity index (χ1n) is 8.91. The van der Waals surface area contributed by atoms with E-state index in [1.54, 1.807) is 12.1 Å². The molecule has 0 aliphatic rings. The van der Waals surface area contributed by atoms with Crippen molar-refractivity contribution in [2.24, 2.45) is 0 Å². The predicted molar refractivity (Wildman–Crippen MR) is 108 cm³/mol. The quantitative estimate of drug-likeness (QED) is 0.611. The van der Waals surface area contributed by atoms with Crippen LogP contribution in [0.15, 0.2) is 48.5 Å². The van der Waals surface area contributed by atoms with Gasteiger partial charge in [0.2, 0.25) is 15.9 Å². The van der Waals surface area contributed by atoms with Gasteiger partial charge in [-0.05, 0) is 55.2 Å². The molecule has 0 radical (unpaired) electrons. The first-order valence-corrected chi connectivity index (χ1v) is 10.8. The van der Waals surface area contributed by atoms with E-state index in [2.05, 4.69) is 10.0 Å². The topological polar surface area (TPSA) is 84.5 Å². The Hall–Kier alpha value is -2.54. The van der Waals surface area contributed by atoms with Crippen molar-refractivity contribution in [3.8, 4) is 5.75 Å². The zero-order valence-electron chi connectivity index (χ0n) is 15.7. The molecule has 0 fully saturated rings. The highest BCUT2D eigenvalue weighted by Gasteiger charge is 2.04. The van der Waals surface area contributed by atoms with E-state index in [1.807, 2.05) is 43.3 Å². The second-order valence-corrected chi connectivity index (χ2v) is 8.03. The molecule has 0 aliphatic carbocycles. The molecule has 2 rings (SSSR count). The van der Waals surface area contributed by atoms with Gasteiger partial charge < -0.3 is 10.1 Å². The van der Waals surface area contributed by atoms with Crippen molar-refractivity contribution in [3.63, 3.8) is 0 Å². The summed E-state index contributed by atoms with van der Waals surface area (Å²) in [6, 6.07) is 14.8. The maximum atomic E-state index is 12.0. The molecule has 6 nitrogen and oxygen atoms in total. The van der Waals surface area contributed by atoms with Crippen LogP contribution < -0.4 is 14.8 Å². The molecule has 0 heterocycles. The fourth-order valence-corrected chi connectivity index (χ4v) is 3.16. The van der Waals surface area contributed by atoms with Gasteiger partial charge in [-0.3, -0.25) is 9.52 Å². The van der Waals surface area contributed by atoms with E-state index in [0.29, 0.717) is 25.3 Å². The van der Waals surface area contributed by atoms with Gasteiger partial charge in [0.15, 0.2) is 0 Å². The molecule has 7 heteroatoms. The van der Waals surface area contributed by atoms with Crippen molar-refractivity contribution in [2.45, 2.75) is 26.2 Å². The summed E-state index contributed by atoms with van der Waals surface area (Å²) in [6.07, 6.45) is 3.09. The first kappa shape index (κ1) is 20.8. The molecule has 0 aromatic heterocycles. The number of benzene rings is 2. The Bertz CT molecular complexity index is 831. The lowest BCUT2D eigenvalue weighted by Crippen LogP contribution is -2.26. The molecular formula is C20H26N2O4S. The summed E-state index contributed by atoms with van der Waals surface area (Å²) in [6.45, 7) is 3.15. The monoisotopic (exact) mass is 390 g/mol. The number of carbonyl (C=O) groups is 1. The number of hydrogen-bond acceptors (Lipinski definition) is 4. The van der Waals surface area contributed by atoms with Gasteiger partial charge in [-0.15, -0.1) is 0 Å². The number of ether oxygens (including phenoxy) is 1. The molecule has 0 bridgehead atoms. The number of sulfonamides is 1. The van der Waals surface area contributed by atoms with Crippen LogP contribution in [-0.2, 0) is 27.7 Å². The van der Waals surface area contributed by atoms with Gasteiger partial charge in [0.1, 0.15) is 5.75 Å². The Morgan fingerprint density at radius 2 is 1.63 bits per heavy atom. The van der Waals surface area contributed by atoms with Crippen LogP contribution in [0.1, 0.15) is 24.5 Å². The second-order valence-electron chi connectivity index (χ2n) is 6.28. The number of aryl methyl sites for hydroxylation is 1. The van der Waals surface area contributed by atoms with Gasteiger partial charge in [-0.1, -0.05) is 24.3 Å². The lowest BCUT2D eigenvalue weighted by molar-refractivity contribution is -0.120. The summed E-state index contributed by atoms with van der Waals surface area (Å²) < 4.78 is 30.2. The van der Waals surface area contributed by atoms with Crippen LogP contribution in [0.4, 0.5) is 5.69 Å². The Morgan fingerprint density at radius 3 is 2.22 bits per heavy atom. The fourth-order valence-electron chi connectivity index (χ4n) is 2.59. The molecule has 0 atom stereocenters. The maximum absolute atomic E-state index is 12.0. The van der Waals surface area contributed by atoms with Gasteiger partial charge in [0.05, 0.1) is 19.3 Å². The van der Waals surface area contributed by atoms with Crippen molar-refractivity contribution in [3.05, 3.63) is 59.7 Å². The molecule has 2 aromatic carbocycles. The van der Waals surface area contributed by atoms with E-state index in [4.69, 9.17) is 4.74 Å². The van der Waals surface area contributed by atoms with Crippen LogP contribution in [0.5, 0.6) is 5.75 Å². The Morgan fingerprint density at radius 1 is 1.00 bits per heavy atom. The number of carbonyl (C=O) groups excluding carboxylic acids is 1. The zero-order valence-corrected chi connectivity index (χ0v) is 16.5. The van der Waals surface area contributed by atoms with Gasteiger partial charge in [0, 0.05) is 12.2 Å². The van der Waals surface area contributed by atoms with E-state index in [0.717, 1.165) is 36.0 Å². The minimum Gasteiger partial charge on any atom is -0.494 e. The molecule has 146 valence electrons. The van der Waals surface area contributed by atoms with Crippen LogP contribution >= 0.6 is 0 Å². The van der Waals surface area contributed by atoms with Crippen molar-refractivity contribution in [1.29, 1.82) is 0 Å². The molecule has 27 heavy (non-hydrogen) atoms. The third kappa shape index (κ3) is 8.13. The van der Waals surface area contributed by atoms with E-state index in [9.17, 15) is 13.2 Å². The van der Waals surface area contributed by atoms with Crippen molar-refractivity contribution < 1.29 is 17.9 Å². The highest BCUT2D eigenvalue weighted by atomic mass is 32.2. The summed E-state index contributed by atoms with van der Waals surface area (Å²) in [5, 5.41) is 2.92. The number of nitrogens with one attached hydrogen (secondary N) is 2. The average Bonchev–Trinajstić information content (AvgIpc) is 2.61. The lowest BCUT2D eigenvalue weighted by Gasteiger charge is -2.08. The smallest absolute Gasteiger partial charge is 0.229 e. The van der Waals surface area contributed by atoms with Crippen molar-refractivity contribution in [2.75, 3.05) is 24.1 Å². The third-order valence-electron chi connectivity index (χ3n) is 3.82. The van der Waals surface area contributed by atoms with E-state index < -0.39 is 10.0 Å².